The first-order valence-electron chi connectivity index (χ1n) is 6.74. The van der Waals surface area contributed by atoms with Crippen molar-refractivity contribution in [2.45, 2.75) is 31.5 Å². The van der Waals surface area contributed by atoms with Crippen molar-refractivity contribution in [1.29, 1.82) is 0 Å². The third-order valence-electron chi connectivity index (χ3n) is 3.71. The average molecular weight is 279 g/mol. The highest BCUT2D eigenvalue weighted by molar-refractivity contribution is 5.81. The molecule has 0 bridgehead atoms. The number of hydrogen-bond acceptors (Lipinski definition) is 3. The first-order chi connectivity index (χ1) is 8.94. The number of nitrogens with zero attached hydrogens (tertiary/aromatic N) is 1. The highest BCUT2D eigenvalue weighted by Gasteiger charge is 2.34. The summed E-state index contributed by atoms with van der Waals surface area (Å²) in [6.07, 6.45) is -1.57. The molecule has 0 radical (unpaired) electrons. The molecule has 2 aliphatic rings. The van der Waals surface area contributed by atoms with Crippen molar-refractivity contribution in [3.8, 4) is 0 Å². The Balaban J connectivity index is 1.66. The minimum absolute atomic E-state index is 0.0215. The highest BCUT2D eigenvalue weighted by Crippen LogP contribution is 2.22. The number of hydrogen-bond donors (Lipinski definition) is 2. The van der Waals surface area contributed by atoms with Crippen molar-refractivity contribution >= 4 is 5.91 Å². The van der Waals surface area contributed by atoms with E-state index in [1.807, 2.05) is 0 Å². The van der Waals surface area contributed by atoms with Crippen LogP contribution >= 0.6 is 0 Å². The Labute approximate surface area is 110 Å². The zero-order chi connectivity index (χ0) is 13.9. The molecule has 0 saturated carbocycles. The average Bonchev–Trinajstić information content (AvgIpc) is 2.94. The van der Waals surface area contributed by atoms with Crippen LogP contribution in [0.4, 0.5) is 13.2 Å². The van der Waals surface area contributed by atoms with Gasteiger partial charge in [-0.05, 0) is 38.3 Å². The summed E-state index contributed by atoms with van der Waals surface area (Å²) in [6.45, 7) is 1.37. The van der Waals surface area contributed by atoms with E-state index in [-0.39, 0.29) is 17.9 Å². The molecule has 2 atom stereocenters. The largest absolute Gasteiger partial charge is 0.401 e. The summed E-state index contributed by atoms with van der Waals surface area (Å²) < 4.78 is 36.7. The molecule has 110 valence electrons. The van der Waals surface area contributed by atoms with Crippen molar-refractivity contribution < 1.29 is 18.0 Å². The summed E-state index contributed by atoms with van der Waals surface area (Å²) in [5, 5.41) is 5.94. The van der Waals surface area contributed by atoms with Crippen LogP contribution in [0, 0.1) is 5.92 Å². The molecule has 2 rings (SSSR count). The van der Waals surface area contributed by atoms with E-state index in [1.165, 1.54) is 4.90 Å². The van der Waals surface area contributed by atoms with Gasteiger partial charge >= 0.3 is 6.18 Å². The Morgan fingerprint density at radius 1 is 1.37 bits per heavy atom. The van der Waals surface area contributed by atoms with E-state index in [0.717, 1.165) is 19.4 Å². The van der Waals surface area contributed by atoms with Crippen LogP contribution in [0.5, 0.6) is 0 Å². The van der Waals surface area contributed by atoms with Gasteiger partial charge in [-0.1, -0.05) is 0 Å². The van der Waals surface area contributed by atoms with Crippen molar-refractivity contribution in [1.82, 2.24) is 15.5 Å². The van der Waals surface area contributed by atoms with E-state index in [9.17, 15) is 18.0 Å². The van der Waals surface area contributed by atoms with Gasteiger partial charge < -0.3 is 10.6 Å². The fourth-order valence-electron chi connectivity index (χ4n) is 2.75. The SMILES string of the molecule is O=C(NCC1CCN(CC(F)(F)F)C1)[C@@H]1CCCN1. The molecule has 4 nitrogen and oxygen atoms in total. The summed E-state index contributed by atoms with van der Waals surface area (Å²) in [4.78, 5) is 13.2. The smallest absolute Gasteiger partial charge is 0.354 e. The Bertz CT molecular complexity index is 316. The van der Waals surface area contributed by atoms with Crippen molar-refractivity contribution in [2.75, 3.05) is 32.7 Å². The van der Waals surface area contributed by atoms with E-state index >= 15 is 0 Å². The molecule has 2 heterocycles. The second kappa shape index (κ2) is 6.09. The van der Waals surface area contributed by atoms with Crippen LogP contribution in [-0.2, 0) is 4.79 Å². The Morgan fingerprint density at radius 2 is 2.16 bits per heavy atom. The second-order valence-corrected chi connectivity index (χ2v) is 5.40. The maximum atomic E-state index is 12.2. The van der Waals surface area contributed by atoms with Gasteiger partial charge in [0.15, 0.2) is 0 Å². The molecule has 0 aliphatic carbocycles. The Hall–Kier alpha value is -0.820. The summed E-state index contributed by atoms with van der Waals surface area (Å²) in [7, 11) is 0. The molecular weight excluding hydrogens is 259 g/mol. The number of halogens is 3. The van der Waals surface area contributed by atoms with E-state index in [0.29, 0.717) is 26.1 Å². The molecule has 0 aromatic carbocycles. The van der Waals surface area contributed by atoms with Gasteiger partial charge in [0.2, 0.25) is 5.91 Å². The normalized spacial score (nSPS) is 28.8. The standard InChI is InChI=1S/C12H20F3N3O/c13-12(14,15)8-18-5-3-9(7-18)6-17-11(19)10-2-1-4-16-10/h9-10,16H,1-8H2,(H,17,19)/t9?,10-/m0/s1. The number of rotatable bonds is 4. The van der Waals surface area contributed by atoms with E-state index < -0.39 is 12.7 Å². The lowest BCUT2D eigenvalue weighted by Gasteiger charge is -2.18. The third-order valence-corrected chi connectivity index (χ3v) is 3.71. The zero-order valence-electron chi connectivity index (χ0n) is 10.8. The summed E-state index contributed by atoms with van der Waals surface area (Å²) in [5.74, 6) is 0.111. The van der Waals surface area contributed by atoms with Crippen molar-refractivity contribution in [2.24, 2.45) is 5.92 Å². The minimum Gasteiger partial charge on any atom is -0.354 e. The summed E-state index contributed by atoms with van der Waals surface area (Å²) >= 11 is 0. The molecule has 0 aromatic heterocycles. The first-order valence-corrected chi connectivity index (χ1v) is 6.74. The van der Waals surface area contributed by atoms with Gasteiger partial charge in [0, 0.05) is 13.1 Å². The predicted octanol–water partition coefficient (Wildman–Crippen LogP) is 0.739. The highest BCUT2D eigenvalue weighted by atomic mass is 19.4. The van der Waals surface area contributed by atoms with Crippen LogP contribution in [0.2, 0.25) is 0 Å². The van der Waals surface area contributed by atoms with Crippen LogP contribution in [-0.4, -0.2) is 55.7 Å². The Kier molecular flexibility index (Phi) is 4.67. The van der Waals surface area contributed by atoms with Crippen molar-refractivity contribution in [3.63, 3.8) is 0 Å². The zero-order valence-corrected chi connectivity index (χ0v) is 10.8. The quantitative estimate of drug-likeness (QED) is 0.798. The molecule has 2 fully saturated rings. The molecule has 7 heteroatoms. The van der Waals surface area contributed by atoms with Gasteiger partial charge in [0.05, 0.1) is 12.6 Å². The minimum atomic E-state index is -4.13. The molecular formula is C12H20F3N3O. The summed E-state index contributed by atoms with van der Waals surface area (Å²) in [6, 6.07) is -0.118. The van der Waals surface area contributed by atoms with Gasteiger partial charge in [-0.3, -0.25) is 9.69 Å². The fourth-order valence-corrected chi connectivity index (χ4v) is 2.75. The third kappa shape index (κ3) is 4.65. The number of carbonyl (C=O) groups excluding carboxylic acids is 1. The number of alkyl halides is 3. The fraction of sp³-hybridized carbons (Fsp3) is 0.917. The molecule has 19 heavy (non-hydrogen) atoms. The van der Waals surface area contributed by atoms with Crippen LogP contribution < -0.4 is 10.6 Å². The van der Waals surface area contributed by atoms with Gasteiger partial charge in [0.25, 0.3) is 0 Å². The van der Waals surface area contributed by atoms with E-state index in [1.54, 1.807) is 0 Å². The molecule has 0 spiro atoms. The van der Waals surface area contributed by atoms with E-state index in [4.69, 9.17) is 0 Å². The number of nitrogens with one attached hydrogen (secondary N) is 2. The van der Waals surface area contributed by atoms with Crippen LogP contribution in [0.1, 0.15) is 19.3 Å². The maximum absolute atomic E-state index is 12.2. The molecule has 0 aromatic rings. The second-order valence-electron chi connectivity index (χ2n) is 5.40. The van der Waals surface area contributed by atoms with Gasteiger partial charge in [-0.2, -0.15) is 13.2 Å². The van der Waals surface area contributed by atoms with Gasteiger partial charge in [0.1, 0.15) is 0 Å². The molecule has 2 N–H and O–H groups in total. The lowest BCUT2D eigenvalue weighted by molar-refractivity contribution is -0.143. The topological polar surface area (TPSA) is 44.4 Å². The lowest BCUT2D eigenvalue weighted by Crippen LogP contribution is -2.42. The molecule has 1 amide bonds. The number of amides is 1. The lowest BCUT2D eigenvalue weighted by atomic mass is 10.1. The number of likely N-dealkylation sites (tertiary alicyclic amines) is 1. The molecule has 2 aliphatic heterocycles. The van der Waals surface area contributed by atoms with E-state index in [2.05, 4.69) is 10.6 Å². The number of carbonyl (C=O) groups is 1. The van der Waals surface area contributed by atoms with Gasteiger partial charge in [-0.15, -0.1) is 0 Å². The molecule has 2 saturated heterocycles. The predicted molar refractivity (Wildman–Crippen MR) is 64.6 cm³/mol. The Morgan fingerprint density at radius 3 is 2.79 bits per heavy atom. The molecule has 1 unspecified atom stereocenters. The first kappa shape index (κ1) is 14.6. The maximum Gasteiger partial charge on any atom is 0.401 e. The van der Waals surface area contributed by atoms with Gasteiger partial charge in [-0.25, -0.2) is 0 Å². The monoisotopic (exact) mass is 279 g/mol. The van der Waals surface area contributed by atoms with Crippen LogP contribution in [0.3, 0.4) is 0 Å². The summed E-state index contributed by atoms with van der Waals surface area (Å²) in [5.41, 5.74) is 0. The van der Waals surface area contributed by atoms with Crippen LogP contribution in [0.15, 0.2) is 0 Å². The van der Waals surface area contributed by atoms with Crippen LogP contribution in [0.25, 0.3) is 0 Å². The van der Waals surface area contributed by atoms with Crippen molar-refractivity contribution in [3.05, 3.63) is 0 Å².